The molecule has 1 saturated heterocycles. The summed E-state index contributed by atoms with van der Waals surface area (Å²) in [7, 11) is 1.33. The highest BCUT2D eigenvalue weighted by Gasteiger charge is 2.64. The van der Waals surface area contributed by atoms with Crippen LogP contribution in [0.1, 0.15) is 44.7 Å². The maximum atomic E-state index is 13.2. The van der Waals surface area contributed by atoms with E-state index in [1.165, 1.54) is 7.11 Å². The smallest absolute Gasteiger partial charge is 0.411 e. The molecule has 0 aliphatic carbocycles. The normalized spacial score (nSPS) is 23.1. The average molecular weight is 429 g/mol. The molecule has 0 saturated carbocycles. The summed E-state index contributed by atoms with van der Waals surface area (Å²) in [5.41, 5.74) is 1.50. The number of likely N-dealkylation sites (tertiary alicyclic amines) is 1. The SMILES string of the molecule is C=CCN1c2ccc(C)cc2[C@]2([C@@H](CC=O)C(=O)OC)CCN(C(=O)OC(C)(C)C)[C@H]12. The predicted molar refractivity (Wildman–Crippen MR) is 118 cm³/mol. The van der Waals surface area contributed by atoms with Gasteiger partial charge in [0.2, 0.25) is 0 Å². The van der Waals surface area contributed by atoms with E-state index in [4.69, 9.17) is 9.47 Å². The number of carbonyl (C=O) groups excluding carboxylic acids is 3. The van der Waals surface area contributed by atoms with Crippen LogP contribution in [-0.2, 0) is 24.5 Å². The van der Waals surface area contributed by atoms with Crippen LogP contribution in [0.15, 0.2) is 30.9 Å². The van der Waals surface area contributed by atoms with Crippen molar-refractivity contribution < 1.29 is 23.9 Å². The summed E-state index contributed by atoms with van der Waals surface area (Å²) in [5, 5.41) is 0. The van der Waals surface area contributed by atoms with E-state index in [2.05, 4.69) is 17.5 Å². The number of carbonyl (C=O) groups is 3. The highest BCUT2D eigenvalue weighted by molar-refractivity contribution is 5.83. The zero-order valence-electron chi connectivity index (χ0n) is 19.0. The van der Waals surface area contributed by atoms with Crippen molar-refractivity contribution in [2.75, 3.05) is 25.1 Å². The topological polar surface area (TPSA) is 76.2 Å². The van der Waals surface area contributed by atoms with Crippen LogP contribution in [-0.4, -0.2) is 55.2 Å². The van der Waals surface area contributed by atoms with E-state index in [-0.39, 0.29) is 6.42 Å². The zero-order chi connectivity index (χ0) is 23.0. The van der Waals surface area contributed by atoms with Crippen LogP contribution in [0.5, 0.6) is 0 Å². The van der Waals surface area contributed by atoms with Gasteiger partial charge in [-0.3, -0.25) is 9.69 Å². The molecule has 2 aliphatic heterocycles. The Hall–Kier alpha value is -2.83. The number of methoxy groups -OCH3 is 1. The van der Waals surface area contributed by atoms with Crippen LogP contribution in [0, 0.1) is 12.8 Å². The van der Waals surface area contributed by atoms with Gasteiger partial charge in [-0.05, 0) is 45.7 Å². The second-order valence-electron chi connectivity index (χ2n) is 9.28. The van der Waals surface area contributed by atoms with Gasteiger partial charge in [-0.2, -0.15) is 0 Å². The lowest BCUT2D eigenvalue weighted by Gasteiger charge is -2.41. The van der Waals surface area contributed by atoms with E-state index in [9.17, 15) is 14.4 Å². The molecular formula is C24H32N2O5. The number of hydrogen-bond donors (Lipinski definition) is 0. The standard InChI is InChI=1S/C24H32N2O5/c1-7-12-25-19-9-8-16(2)15-18(19)24(17(10-14-27)20(28)30-6)11-13-26(21(24)25)22(29)31-23(3,4)5/h7-9,14-15,17,21H,1,10-13H2,2-6H3/t17-,21-,24+/m0/s1. The van der Waals surface area contributed by atoms with Crippen LogP contribution in [0.3, 0.4) is 0 Å². The monoisotopic (exact) mass is 428 g/mol. The molecule has 1 amide bonds. The third-order valence-corrected chi connectivity index (χ3v) is 6.17. The molecule has 3 rings (SSSR count). The molecule has 7 nitrogen and oxygen atoms in total. The van der Waals surface area contributed by atoms with Gasteiger partial charge in [-0.25, -0.2) is 4.79 Å². The molecule has 0 bridgehead atoms. The van der Waals surface area contributed by atoms with Gasteiger partial charge in [-0.1, -0.05) is 23.8 Å². The van der Waals surface area contributed by atoms with E-state index >= 15 is 0 Å². The van der Waals surface area contributed by atoms with Crippen molar-refractivity contribution in [1.82, 2.24) is 4.90 Å². The lowest BCUT2D eigenvalue weighted by atomic mass is 9.67. The Bertz CT molecular complexity index is 890. The Kier molecular flexibility index (Phi) is 6.16. The quantitative estimate of drug-likeness (QED) is 0.392. The maximum Gasteiger partial charge on any atom is 0.411 e. The fourth-order valence-electron chi connectivity index (χ4n) is 5.11. The van der Waals surface area contributed by atoms with Crippen molar-refractivity contribution in [3.8, 4) is 0 Å². The molecule has 1 aromatic rings. The number of fused-ring (bicyclic) bond motifs is 3. The molecule has 7 heteroatoms. The first-order valence-electron chi connectivity index (χ1n) is 10.6. The number of hydrogen-bond acceptors (Lipinski definition) is 6. The summed E-state index contributed by atoms with van der Waals surface area (Å²) in [6, 6.07) is 6.08. The van der Waals surface area contributed by atoms with Gasteiger partial charge in [0.05, 0.1) is 18.4 Å². The molecule has 1 fully saturated rings. The first kappa shape index (κ1) is 22.8. The van der Waals surface area contributed by atoms with Crippen molar-refractivity contribution in [1.29, 1.82) is 0 Å². The van der Waals surface area contributed by atoms with Gasteiger partial charge in [0, 0.05) is 25.2 Å². The number of rotatable bonds is 6. The fourth-order valence-corrected chi connectivity index (χ4v) is 5.11. The average Bonchev–Trinajstić information content (AvgIpc) is 3.20. The molecule has 2 aliphatic rings. The second kappa shape index (κ2) is 8.36. The fraction of sp³-hybridized carbons (Fsp3) is 0.542. The third-order valence-electron chi connectivity index (χ3n) is 6.17. The Morgan fingerprint density at radius 2 is 2.06 bits per heavy atom. The van der Waals surface area contributed by atoms with E-state index in [1.54, 1.807) is 11.0 Å². The first-order valence-corrected chi connectivity index (χ1v) is 10.6. The van der Waals surface area contributed by atoms with Gasteiger partial charge in [0.25, 0.3) is 0 Å². The molecule has 0 unspecified atom stereocenters. The Morgan fingerprint density at radius 3 is 2.65 bits per heavy atom. The van der Waals surface area contributed by atoms with Crippen molar-refractivity contribution in [2.45, 2.75) is 57.7 Å². The van der Waals surface area contributed by atoms with E-state index in [0.717, 1.165) is 23.1 Å². The van der Waals surface area contributed by atoms with Crippen LogP contribution in [0.4, 0.5) is 10.5 Å². The van der Waals surface area contributed by atoms with Gasteiger partial charge < -0.3 is 19.2 Å². The maximum absolute atomic E-state index is 13.2. The summed E-state index contributed by atoms with van der Waals surface area (Å²) in [5.74, 6) is -1.17. The van der Waals surface area contributed by atoms with E-state index < -0.39 is 35.2 Å². The predicted octanol–water partition coefficient (Wildman–Crippen LogP) is 3.58. The summed E-state index contributed by atoms with van der Waals surface area (Å²) in [6.07, 6.45) is 2.15. The number of anilines is 1. The largest absolute Gasteiger partial charge is 0.469 e. The van der Waals surface area contributed by atoms with Crippen LogP contribution in [0.25, 0.3) is 0 Å². The molecule has 0 aromatic heterocycles. The molecule has 0 N–H and O–H groups in total. The number of amides is 1. The molecule has 31 heavy (non-hydrogen) atoms. The summed E-state index contributed by atoms with van der Waals surface area (Å²) < 4.78 is 10.8. The van der Waals surface area contributed by atoms with Gasteiger partial charge in [0.15, 0.2) is 0 Å². The summed E-state index contributed by atoms with van der Waals surface area (Å²) in [6.45, 7) is 12.3. The molecule has 2 heterocycles. The minimum Gasteiger partial charge on any atom is -0.469 e. The number of esters is 1. The van der Waals surface area contributed by atoms with Crippen molar-refractivity contribution in [3.63, 3.8) is 0 Å². The van der Waals surface area contributed by atoms with E-state index in [0.29, 0.717) is 19.5 Å². The molecule has 168 valence electrons. The highest BCUT2D eigenvalue weighted by Crippen LogP contribution is 2.57. The van der Waals surface area contributed by atoms with Crippen molar-refractivity contribution in [3.05, 3.63) is 42.0 Å². The lowest BCUT2D eigenvalue weighted by molar-refractivity contribution is -0.149. The van der Waals surface area contributed by atoms with Crippen LogP contribution in [0.2, 0.25) is 0 Å². The van der Waals surface area contributed by atoms with Crippen LogP contribution < -0.4 is 4.90 Å². The first-order chi connectivity index (χ1) is 14.6. The zero-order valence-corrected chi connectivity index (χ0v) is 19.0. The Balaban J connectivity index is 2.22. The number of aldehydes is 1. The van der Waals surface area contributed by atoms with Gasteiger partial charge >= 0.3 is 12.1 Å². The summed E-state index contributed by atoms with van der Waals surface area (Å²) in [4.78, 5) is 41.5. The second-order valence-corrected chi connectivity index (χ2v) is 9.28. The lowest BCUT2D eigenvalue weighted by Crippen LogP contribution is -2.56. The van der Waals surface area contributed by atoms with Crippen molar-refractivity contribution >= 4 is 24.0 Å². The van der Waals surface area contributed by atoms with Gasteiger partial charge in [0.1, 0.15) is 18.1 Å². The Morgan fingerprint density at radius 1 is 1.35 bits per heavy atom. The molecule has 0 radical (unpaired) electrons. The number of benzene rings is 1. The minimum absolute atomic E-state index is 0.0145. The van der Waals surface area contributed by atoms with Crippen molar-refractivity contribution in [2.24, 2.45) is 5.92 Å². The Labute approximate surface area is 184 Å². The van der Waals surface area contributed by atoms with Gasteiger partial charge in [-0.15, -0.1) is 6.58 Å². The number of nitrogens with zero attached hydrogens (tertiary/aromatic N) is 2. The number of aryl methyl sites for hydroxylation is 1. The molecule has 0 spiro atoms. The minimum atomic E-state index is -0.782. The molecular weight excluding hydrogens is 396 g/mol. The summed E-state index contributed by atoms with van der Waals surface area (Å²) >= 11 is 0. The number of ether oxygens (including phenoxy) is 2. The van der Waals surface area contributed by atoms with Crippen LogP contribution >= 0.6 is 0 Å². The highest BCUT2D eigenvalue weighted by atomic mass is 16.6. The van der Waals surface area contributed by atoms with E-state index in [1.807, 2.05) is 39.8 Å². The molecule has 3 atom stereocenters. The third kappa shape index (κ3) is 3.82. The molecule has 1 aromatic carbocycles.